The molecule has 0 fully saturated rings. The minimum atomic E-state index is 0.991. The maximum Gasteiger partial charge on any atom is 0.0714 e. The zero-order chi connectivity index (χ0) is 28.3. The van der Waals surface area contributed by atoms with Gasteiger partial charge >= 0.3 is 0 Å². The topological polar surface area (TPSA) is 12.9 Å². The van der Waals surface area contributed by atoms with Crippen LogP contribution in [0, 0.1) is 0 Å². The van der Waals surface area contributed by atoms with Crippen molar-refractivity contribution in [2.45, 2.75) is 0 Å². The lowest BCUT2D eigenvalue weighted by atomic mass is 9.87. The molecule has 1 nitrogen and oxygen atoms in total. The number of thiophene rings is 1. The van der Waals surface area contributed by atoms with Crippen LogP contribution in [0.2, 0.25) is 0 Å². The second-order valence-corrected chi connectivity index (χ2v) is 12.2. The summed E-state index contributed by atoms with van der Waals surface area (Å²) in [6, 6.07) is 52.6. The Morgan fingerprint density at radius 1 is 0.395 bits per heavy atom. The number of pyridine rings is 1. The minimum absolute atomic E-state index is 0.991. The summed E-state index contributed by atoms with van der Waals surface area (Å²) in [7, 11) is 0. The third kappa shape index (κ3) is 3.81. The van der Waals surface area contributed by atoms with E-state index in [9.17, 15) is 0 Å². The standard InChI is InChI=1S/C41H25NS/c1-2-11-27(12-3-1)39-31-14-6-8-16-33(31)40(34-17-9-7-15-32(34)39)36-22-19-29(25-42-36)28-18-21-35-38(24-28)43-37-23-20-26-10-4-5-13-30(26)41(35)37/h1-25H. The van der Waals surface area contributed by atoms with E-state index in [1.807, 2.05) is 17.5 Å². The van der Waals surface area contributed by atoms with E-state index >= 15 is 0 Å². The molecule has 0 amide bonds. The Bertz CT molecular complexity index is 2430. The van der Waals surface area contributed by atoms with Crippen molar-refractivity contribution >= 4 is 63.8 Å². The molecule has 9 aromatic rings. The van der Waals surface area contributed by atoms with E-state index in [2.05, 4.69) is 146 Å². The summed E-state index contributed by atoms with van der Waals surface area (Å²) >= 11 is 1.87. The summed E-state index contributed by atoms with van der Waals surface area (Å²) in [6.07, 6.45) is 2.04. The molecule has 0 aliphatic carbocycles. The average Bonchev–Trinajstić information content (AvgIpc) is 3.46. The number of benzene rings is 7. The predicted molar refractivity (Wildman–Crippen MR) is 186 cm³/mol. The first-order valence-corrected chi connectivity index (χ1v) is 15.4. The number of nitrogens with zero attached hydrogens (tertiary/aromatic N) is 1. The minimum Gasteiger partial charge on any atom is -0.256 e. The third-order valence-electron chi connectivity index (χ3n) is 8.71. The van der Waals surface area contributed by atoms with E-state index in [4.69, 9.17) is 4.98 Å². The molecule has 43 heavy (non-hydrogen) atoms. The number of hydrogen-bond donors (Lipinski definition) is 0. The first kappa shape index (κ1) is 24.3. The molecule has 2 heteroatoms. The largest absolute Gasteiger partial charge is 0.256 e. The molecule has 0 atom stereocenters. The average molecular weight is 564 g/mol. The number of aromatic nitrogens is 1. The van der Waals surface area contributed by atoms with Gasteiger partial charge in [-0.25, -0.2) is 0 Å². The van der Waals surface area contributed by atoms with Crippen molar-refractivity contribution in [1.29, 1.82) is 0 Å². The molecule has 200 valence electrons. The van der Waals surface area contributed by atoms with E-state index in [1.165, 1.54) is 74.7 Å². The van der Waals surface area contributed by atoms with E-state index in [1.54, 1.807) is 0 Å². The van der Waals surface area contributed by atoms with Gasteiger partial charge in [-0.05, 0) is 67.2 Å². The Balaban J connectivity index is 1.20. The van der Waals surface area contributed by atoms with Crippen molar-refractivity contribution < 1.29 is 0 Å². The summed E-state index contributed by atoms with van der Waals surface area (Å²) in [5, 5.41) is 10.2. The molecule has 0 saturated heterocycles. The maximum atomic E-state index is 5.10. The highest BCUT2D eigenvalue weighted by atomic mass is 32.1. The van der Waals surface area contributed by atoms with E-state index in [0.29, 0.717) is 0 Å². The second kappa shape index (κ2) is 9.62. The Hall–Kier alpha value is -5.31. The van der Waals surface area contributed by atoms with Crippen LogP contribution in [-0.4, -0.2) is 4.98 Å². The molecule has 9 rings (SSSR count). The van der Waals surface area contributed by atoms with Gasteiger partial charge < -0.3 is 0 Å². The summed E-state index contributed by atoms with van der Waals surface area (Å²) in [4.78, 5) is 5.10. The molecule has 7 aromatic carbocycles. The van der Waals surface area contributed by atoms with Crippen molar-refractivity contribution in [3.8, 4) is 33.5 Å². The van der Waals surface area contributed by atoms with Crippen LogP contribution < -0.4 is 0 Å². The summed E-state index contributed by atoms with van der Waals surface area (Å²) < 4.78 is 2.64. The highest BCUT2D eigenvalue weighted by Crippen LogP contribution is 2.44. The highest BCUT2D eigenvalue weighted by molar-refractivity contribution is 7.26. The summed E-state index contributed by atoms with van der Waals surface area (Å²) in [6.45, 7) is 0. The third-order valence-corrected chi connectivity index (χ3v) is 9.83. The lowest BCUT2D eigenvalue weighted by Gasteiger charge is -2.17. The molecule has 0 N–H and O–H groups in total. The molecule has 2 aromatic heterocycles. The normalized spacial score (nSPS) is 11.7. The summed E-state index contributed by atoms with van der Waals surface area (Å²) in [5.74, 6) is 0. The van der Waals surface area contributed by atoms with E-state index in [0.717, 1.165) is 11.3 Å². The molecular formula is C41H25NS. The van der Waals surface area contributed by atoms with Crippen molar-refractivity contribution in [1.82, 2.24) is 4.98 Å². The van der Waals surface area contributed by atoms with Gasteiger partial charge in [0.25, 0.3) is 0 Å². The molecule has 0 radical (unpaired) electrons. The molecule has 0 aliphatic rings. The summed E-state index contributed by atoms with van der Waals surface area (Å²) in [5.41, 5.74) is 7.00. The van der Waals surface area contributed by atoms with Gasteiger partial charge in [-0.1, -0.05) is 127 Å². The lowest BCUT2D eigenvalue weighted by molar-refractivity contribution is 1.34. The number of hydrogen-bond acceptors (Lipinski definition) is 2. The van der Waals surface area contributed by atoms with Crippen LogP contribution >= 0.6 is 11.3 Å². The second-order valence-electron chi connectivity index (χ2n) is 11.1. The van der Waals surface area contributed by atoms with Crippen LogP contribution in [0.1, 0.15) is 0 Å². The zero-order valence-electron chi connectivity index (χ0n) is 23.3. The molecule has 0 spiro atoms. The van der Waals surface area contributed by atoms with Gasteiger partial charge in [-0.3, -0.25) is 4.98 Å². The van der Waals surface area contributed by atoms with Crippen LogP contribution in [0.5, 0.6) is 0 Å². The number of rotatable bonds is 3. The molecule has 0 saturated carbocycles. The van der Waals surface area contributed by atoms with Gasteiger partial charge in [-0.15, -0.1) is 11.3 Å². The van der Waals surface area contributed by atoms with Crippen LogP contribution in [0.15, 0.2) is 152 Å². The Morgan fingerprint density at radius 2 is 1.02 bits per heavy atom. The van der Waals surface area contributed by atoms with Crippen LogP contribution in [-0.2, 0) is 0 Å². The van der Waals surface area contributed by atoms with Gasteiger partial charge in [0.05, 0.1) is 5.69 Å². The fourth-order valence-electron chi connectivity index (χ4n) is 6.76. The first-order chi connectivity index (χ1) is 21.3. The van der Waals surface area contributed by atoms with Crippen molar-refractivity contribution in [3.63, 3.8) is 0 Å². The quantitative estimate of drug-likeness (QED) is 0.195. The monoisotopic (exact) mass is 563 g/mol. The van der Waals surface area contributed by atoms with Gasteiger partial charge in [0.1, 0.15) is 0 Å². The first-order valence-electron chi connectivity index (χ1n) is 14.6. The van der Waals surface area contributed by atoms with Gasteiger partial charge in [0, 0.05) is 37.5 Å². The van der Waals surface area contributed by atoms with Gasteiger partial charge in [0.2, 0.25) is 0 Å². The Labute approximate surface area is 253 Å². The van der Waals surface area contributed by atoms with Crippen LogP contribution in [0.25, 0.3) is 86.0 Å². The lowest BCUT2D eigenvalue weighted by Crippen LogP contribution is -1.92. The SMILES string of the molecule is c1ccc(-c2c3ccccc3c(-c3ccc(-c4ccc5c(c4)sc4ccc6ccccc6c45)cn3)c3ccccc23)cc1. The van der Waals surface area contributed by atoms with Gasteiger partial charge in [-0.2, -0.15) is 0 Å². The van der Waals surface area contributed by atoms with Crippen molar-refractivity contribution in [2.24, 2.45) is 0 Å². The van der Waals surface area contributed by atoms with Gasteiger partial charge in [0.15, 0.2) is 0 Å². The van der Waals surface area contributed by atoms with E-state index in [-0.39, 0.29) is 0 Å². The van der Waals surface area contributed by atoms with Crippen LogP contribution in [0.3, 0.4) is 0 Å². The fourth-order valence-corrected chi connectivity index (χ4v) is 7.92. The molecule has 0 unspecified atom stereocenters. The number of fused-ring (bicyclic) bond motifs is 7. The Kier molecular flexibility index (Phi) is 5.44. The molecule has 0 aliphatic heterocycles. The smallest absolute Gasteiger partial charge is 0.0714 e. The van der Waals surface area contributed by atoms with E-state index < -0.39 is 0 Å². The molecule has 2 heterocycles. The highest BCUT2D eigenvalue weighted by Gasteiger charge is 2.17. The fraction of sp³-hybridized carbons (Fsp3) is 0. The zero-order valence-corrected chi connectivity index (χ0v) is 24.1. The molecule has 0 bridgehead atoms. The van der Waals surface area contributed by atoms with Crippen molar-refractivity contribution in [3.05, 3.63) is 152 Å². The molecular weight excluding hydrogens is 539 g/mol. The predicted octanol–water partition coefficient (Wildman–Crippen LogP) is 11.9. The maximum absolute atomic E-state index is 5.10. The Morgan fingerprint density at radius 3 is 1.72 bits per heavy atom. The van der Waals surface area contributed by atoms with Crippen molar-refractivity contribution in [2.75, 3.05) is 0 Å². The van der Waals surface area contributed by atoms with Crippen LogP contribution in [0.4, 0.5) is 0 Å².